The van der Waals surface area contributed by atoms with Gasteiger partial charge in [0.2, 0.25) is 0 Å². The van der Waals surface area contributed by atoms with Crippen LogP contribution < -0.4 is 11.2 Å². The van der Waals surface area contributed by atoms with E-state index in [4.69, 9.17) is 10.3 Å². The van der Waals surface area contributed by atoms with Crippen molar-refractivity contribution in [3.05, 3.63) is 24.3 Å². The summed E-state index contributed by atoms with van der Waals surface area (Å²) < 4.78 is 8.62. The Labute approximate surface area is 127 Å². The van der Waals surface area contributed by atoms with Gasteiger partial charge >= 0.3 is 0 Å². The monoisotopic (exact) mass is 300 g/mol. The van der Waals surface area contributed by atoms with Crippen molar-refractivity contribution in [1.29, 1.82) is 0 Å². The third kappa shape index (κ3) is 9.20. The molecule has 0 amide bonds. The van der Waals surface area contributed by atoms with Crippen LogP contribution in [-0.4, -0.2) is 17.7 Å². The first-order valence-electron chi connectivity index (χ1n) is 7.22. The average Bonchev–Trinajstić information content (AvgIpc) is 2.52. The molecule has 20 heavy (non-hydrogen) atoms. The minimum atomic E-state index is 0.536. The maximum atomic E-state index is 8.62. The van der Waals surface area contributed by atoms with E-state index < -0.39 is 0 Å². The molecule has 5 heteroatoms. The zero-order chi connectivity index (χ0) is 15.2. The van der Waals surface area contributed by atoms with Crippen molar-refractivity contribution in [2.24, 2.45) is 5.73 Å². The molecular formula is C15H28N2O2S. The summed E-state index contributed by atoms with van der Waals surface area (Å²) in [6, 6.07) is 7.77. The molecule has 1 aromatic carbocycles. The minimum Gasteiger partial charge on any atom is -0.328 e. The molecular weight excluding hydrogens is 272 g/mol. The van der Waals surface area contributed by atoms with Crippen molar-refractivity contribution >= 4 is 17.7 Å². The van der Waals surface area contributed by atoms with E-state index in [-0.39, 0.29) is 0 Å². The Kier molecular flexibility index (Phi) is 12.7. The lowest BCUT2D eigenvalue weighted by molar-refractivity contribution is 0.271. The van der Waals surface area contributed by atoms with Gasteiger partial charge in [0.1, 0.15) is 0 Å². The summed E-state index contributed by atoms with van der Waals surface area (Å²) in [7, 11) is 1.55. The molecule has 116 valence electrons. The number of anilines is 1. The van der Waals surface area contributed by atoms with Crippen LogP contribution in [0.15, 0.2) is 29.2 Å². The molecule has 4 N–H and O–H groups in total. The Hall–Kier alpha value is -0.750. The first-order valence-corrected chi connectivity index (χ1v) is 7.99. The quantitative estimate of drug-likeness (QED) is 0.565. The van der Waals surface area contributed by atoms with E-state index in [1.807, 2.05) is 26.0 Å². The maximum absolute atomic E-state index is 8.62. The second kappa shape index (κ2) is 13.2. The maximum Gasteiger partial charge on any atom is 0.0636 e. The fourth-order valence-electron chi connectivity index (χ4n) is 1.84. The van der Waals surface area contributed by atoms with Gasteiger partial charge in [-0.15, -0.1) is 0 Å². The highest BCUT2D eigenvalue weighted by molar-refractivity contribution is 7.93. The van der Waals surface area contributed by atoms with Gasteiger partial charge in [0.25, 0.3) is 0 Å². The molecule has 0 saturated heterocycles. The fourth-order valence-corrected chi connectivity index (χ4v) is 2.09. The molecule has 1 fully saturated rings. The first-order chi connectivity index (χ1) is 9.76. The van der Waals surface area contributed by atoms with E-state index in [0.717, 1.165) is 22.6 Å². The van der Waals surface area contributed by atoms with Crippen molar-refractivity contribution in [2.75, 3.05) is 12.6 Å². The zero-order valence-corrected chi connectivity index (χ0v) is 13.6. The van der Waals surface area contributed by atoms with Gasteiger partial charge in [0, 0.05) is 23.0 Å². The predicted octanol–water partition coefficient (Wildman–Crippen LogP) is 4.53. The number of nitrogens with two attached hydrogens (primary N) is 1. The first kappa shape index (κ1) is 19.2. The van der Waals surface area contributed by atoms with Gasteiger partial charge in [-0.25, -0.2) is 0 Å². The number of rotatable bonds is 3. The van der Waals surface area contributed by atoms with Gasteiger partial charge in [-0.05, 0) is 37.1 Å². The summed E-state index contributed by atoms with van der Waals surface area (Å²) in [5, 5.41) is 0. The van der Waals surface area contributed by atoms with Crippen LogP contribution in [0.3, 0.4) is 0 Å². The van der Waals surface area contributed by atoms with Crippen LogP contribution in [-0.2, 0) is 4.84 Å². The van der Waals surface area contributed by atoms with E-state index in [1.165, 1.54) is 32.1 Å². The third-order valence-electron chi connectivity index (χ3n) is 2.83. The molecule has 1 aliphatic rings. The molecule has 0 unspecified atom stereocenters. The molecule has 1 aliphatic carbocycles. The molecule has 0 radical (unpaired) electrons. The smallest absolute Gasteiger partial charge is 0.0636 e. The number of hydrogen-bond acceptors (Lipinski definition) is 5. The lowest BCUT2D eigenvalue weighted by Gasteiger charge is -2.15. The van der Waals surface area contributed by atoms with Crippen molar-refractivity contribution in [2.45, 2.75) is 56.9 Å². The van der Waals surface area contributed by atoms with Gasteiger partial charge < -0.3 is 10.3 Å². The van der Waals surface area contributed by atoms with Crippen molar-refractivity contribution in [1.82, 2.24) is 0 Å². The van der Waals surface area contributed by atoms with Crippen LogP contribution in [0, 0.1) is 0 Å². The number of benzene rings is 1. The Morgan fingerprint density at radius 3 is 2.05 bits per heavy atom. The fraction of sp³-hybridized carbons (Fsp3) is 0.600. The molecule has 0 aliphatic heterocycles. The highest BCUT2D eigenvalue weighted by Gasteiger charge is 2.06. The van der Waals surface area contributed by atoms with Gasteiger partial charge in [0.15, 0.2) is 0 Å². The molecule has 4 nitrogen and oxygen atoms in total. The summed E-state index contributed by atoms with van der Waals surface area (Å²) in [4.78, 5) is 5.49. The molecule has 1 saturated carbocycles. The lowest BCUT2D eigenvalue weighted by Crippen LogP contribution is -2.22. The van der Waals surface area contributed by atoms with Gasteiger partial charge in [0.05, 0.1) is 12.8 Å². The van der Waals surface area contributed by atoms with E-state index in [2.05, 4.69) is 10.3 Å². The van der Waals surface area contributed by atoms with Crippen LogP contribution in [0.2, 0.25) is 0 Å². The number of hydrogen-bond donors (Lipinski definition) is 3. The van der Waals surface area contributed by atoms with Crippen LogP contribution >= 0.6 is 12.0 Å². The summed E-state index contributed by atoms with van der Waals surface area (Å²) >= 11 is 0.727. The molecule has 0 heterocycles. The number of nitrogens with one attached hydrogen (secondary N) is 1. The summed E-state index contributed by atoms with van der Waals surface area (Å²) in [5.41, 5.74) is 9.17. The topological polar surface area (TPSA) is 67.5 Å². The molecule has 0 aromatic heterocycles. The van der Waals surface area contributed by atoms with E-state index in [1.54, 1.807) is 19.2 Å². The van der Waals surface area contributed by atoms with Crippen molar-refractivity contribution in [3.63, 3.8) is 0 Å². The Bertz CT molecular complexity index is 314. The zero-order valence-electron chi connectivity index (χ0n) is 12.8. The molecule has 0 atom stereocenters. The van der Waals surface area contributed by atoms with E-state index >= 15 is 0 Å². The van der Waals surface area contributed by atoms with Gasteiger partial charge in [-0.1, -0.05) is 33.1 Å². The van der Waals surface area contributed by atoms with Crippen LogP contribution in [0.25, 0.3) is 0 Å². The van der Waals surface area contributed by atoms with Crippen LogP contribution in [0.1, 0.15) is 46.0 Å². The highest BCUT2D eigenvalue weighted by atomic mass is 32.2. The standard InChI is InChI=1S/C7H9NO2S.C6H13N.C2H6/c1-10-8-6-2-4-7(11-9)5-3-6;7-6-4-2-1-3-5-6;1-2/h2-5,8-9H,1H3;6H,1-5,7H2;1-2H3. The lowest BCUT2D eigenvalue weighted by atomic mass is 9.97. The average molecular weight is 300 g/mol. The van der Waals surface area contributed by atoms with Gasteiger partial charge in [-0.3, -0.25) is 10.3 Å². The predicted molar refractivity (Wildman–Crippen MR) is 88.0 cm³/mol. The molecule has 1 aromatic rings. The summed E-state index contributed by atoms with van der Waals surface area (Å²) in [6.07, 6.45) is 6.66. The Morgan fingerprint density at radius 2 is 1.70 bits per heavy atom. The highest BCUT2D eigenvalue weighted by Crippen LogP contribution is 2.16. The van der Waals surface area contributed by atoms with Crippen molar-refractivity contribution < 1.29 is 9.39 Å². The SMILES string of the molecule is CC.CONc1ccc(SO)cc1.NC1CCCCC1. The van der Waals surface area contributed by atoms with E-state index in [0.29, 0.717) is 6.04 Å². The molecule has 0 bridgehead atoms. The normalized spacial score (nSPS) is 14.4. The van der Waals surface area contributed by atoms with E-state index in [9.17, 15) is 0 Å². The summed E-state index contributed by atoms with van der Waals surface area (Å²) in [5.74, 6) is 0. The van der Waals surface area contributed by atoms with Crippen molar-refractivity contribution in [3.8, 4) is 0 Å². The summed E-state index contributed by atoms with van der Waals surface area (Å²) in [6.45, 7) is 4.00. The Balaban J connectivity index is 0.000000345. The van der Waals surface area contributed by atoms with Crippen LogP contribution in [0.5, 0.6) is 0 Å². The van der Waals surface area contributed by atoms with Gasteiger partial charge in [-0.2, -0.15) is 0 Å². The minimum absolute atomic E-state index is 0.536. The second-order valence-corrected chi connectivity index (χ2v) is 4.97. The second-order valence-electron chi connectivity index (χ2n) is 4.32. The Morgan fingerprint density at radius 1 is 1.15 bits per heavy atom. The molecule has 0 spiro atoms. The van der Waals surface area contributed by atoms with Crippen LogP contribution in [0.4, 0.5) is 5.69 Å². The largest absolute Gasteiger partial charge is 0.328 e. The molecule has 2 rings (SSSR count). The third-order valence-corrected chi connectivity index (χ3v) is 3.31.